The van der Waals surface area contributed by atoms with Crippen LogP contribution in [0.25, 0.3) is 0 Å². The van der Waals surface area contributed by atoms with Crippen molar-refractivity contribution in [3.05, 3.63) is 98.7 Å². The highest BCUT2D eigenvalue weighted by Crippen LogP contribution is 2.44. The molecule has 0 saturated heterocycles. The van der Waals surface area contributed by atoms with Gasteiger partial charge in [-0.2, -0.15) is 11.3 Å². The molecule has 0 fully saturated rings. The lowest BCUT2D eigenvalue weighted by molar-refractivity contribution is 0.102. The van der Waals surface area contributed by atoms with Gasteiger partial charge >= 0.3 is 0 Å². The molecule has 0 bridgehead atoms. The Morgan fingerprint density at radius 1 is 1.00 bits per heavy atom. The number of amides is 1. The fraction of sp³-hybridized carbons (Fsp3) is 0.200. The van der Waals surface area contributed by atoms with Crippen molar-refractivity contribution in [2.75, 3.05) is 10.6 Å². The summed E-state index contributed by atoms with van der Waals surface area (Å²) in [5.41, 5.74) is 4.44. The summed E-state index contributed by atoms with van der Waals surface area (Å²) >= 11 is 3.42. The Balaban J connectivity index is 1.58. The van der Waals surface area contributed by atoms with Crippen LogP contribution in [0.1, 0.15) is 50.8 Å². The maximum atomic E-state index is 13.0. The summed E-state index contributed by atoms with van der Waals surface area (Å²) in [6.07, 6.45) is 6.31. The number of aryl methyl sites for hydroxylation is 1. The van der Waals surface area contributed by atoms with Crippen molar-refractivity contribution < 1.29 is 4.79 Å². The van der Waals surface area contributed by atoms with Crippen LogP contribution < -0.4 is 10.6 Å². The van der Waals surface area contributed by atoms with Gasteiger partial charge in [-0.1, -0.05) is 24.3 Å². The fourth-order valence-electron chi connectivity index (χ4n) is 4.11. The van der Waals surface area contributed by atoms with Crippen LogP contribution in [0.15, 0.2) is 71.6 Å². The van der Waals surface area contributed by atoms with Crippen LogP contribution in [-0.2, 0) is 12.8 Å². The van der Waals surface area contributed by atoms with Gasteiger partial charge in [-0.25, -0.2) is 4.98 Å². The highest BCUT2D eigenvalue weighted by Gasteiger charge is 2.29. The molecule has 6 heteroatoms. The average molecular weight is 446 g/mol. The minimum Gasteiger partial charge on any atom is -0.359 e. The molecule has 0 radical (unpaired) electrons. The van der Waals surface area contributed by atoms with Gasteiger partial charge in [0, 0.05) is 22.2 Å². The lowest BCUT2D eigenvalue weighted by atomic mass is 9.90. The first-order valence-corrected chi connectivity index (χ1v) is 12.3. The van der Waals surface area contributed by atoms with Crippen molar-refractivity contribution in [3.63, 3.8) is 0 Å². The normalized spacial score (nSPS) is 13.9. The van der Waals surface area contributed by atoms with Crippen LogP contribution in [0.3, 0.4) is 0 Å². The zero-order valence-electron chi connectivity index (χ0n) is 17.0. The lowest BCUT2D eigenvalue weighted by Crippen LogP contribution is -2.18. The minimum atomic E-state index is -0.0673. The van der Waals surface area contributed by atoms with Crippen molar-refractivity contribution in [1.29, 1.82) is 0 Å². The van der Waals surface area contributed by atoms with E-state index in [1.807, 2.05) is 48.5 Å². The number of pyridine rings is 1. The van der Waals surface area contributed by atoms with Gasteiger partial charge in [0.25, 0.3) is 5.91 Å². The van der Waals surface area contributed by atoms with E-state index in [0.29, 0.717) is 5.56 Å². The second-order valence-corrected chi connectivity index (χ2v) is 9.51. The predicted molar refractivity (Wildman–Crippen MR) is 129 cm³/mol. The lowest BCUT2D eigenvalue weighted by Gasteiger charge is -2.23. The number of carbonyl (C=O) groups excluding carboxylic acids is 1. The Morgan fingerprint density at radius 2 is 1.84 bits per heavy atom. The average Bonchev–Trinajstić information content (AvgIpc) is 3.47. The molecule has 156 valence electrons. The summed E-state index contributed by atoms with van der Waals surface area (Å²) in [5.74, 6) is 0.761. The number of nitrogens with one attached hydrogen (secondary N) is 2. The highest BCUT2D eigenvalue weighted by molar-refractivity contribution is 7.16. The van der Waals surface area contributed by atoms with Crippen molar-refractivity contribution in [2.24, 2.45) is 0 Å². The molecule has 0 spiro atoms. The molecule has 1 aliphatic rings. The molecule has 3 aromatic heterocycles. The first kappa shape index (κ1) is 20.0. The van der Waals surface area contributed by atoms with Crippen molar-refractivity contribution in [3.8, 4) is 0 Å². The van der Waals surface area contributed by atoms with Crippen LogP contribution in [-0.4, -0.2) is 10.9 Å². The summed E-state index contributed by atoms with van der Waals surface area (Å²) in [6, 6.07) is 17.4. The first-order valence-electron chi connectivity index (χ1n) is 10.5. The molecule has 3 heterocycles. The summed E-state index contributed by atoms with van der Waals surface area (Å²) in [7, 11) is 0. The van der Waals surface area contributed by atoms with Gasteiger partial charge in [-0.05, 0) is 77.9 Å². The number of hydrogen-bond donors (Lipinski definition) is 2. The topological polar surface area (TPSA) is 54.0 Å². The monoisotopic (exact) mass is 445 g/mol. The number of hydrogen-bond acceptors (Lipinski definition) is 5. The van der Waals surface area contributed by atoms with E-state index >= 15 is 0 Å². The van der Waals surface area contributed by atoms with Gasteiger partial charge in [0.05, 0.1) is 6.04 Å². The maximum Gasteiger partial charge on any atom is 0.256 e. The van der Waals surface area contributed by atoms with Crippen LogP contribution in [0.2, 0.25) is 0 Å². The first-order chi connectivity index (χ1) is 15.3. The van der Waals surface area contributed by atoms with E-state index < -0.39 is 0 Å². The van der Waals surface area contributed by atoms with E-state index in [4.69, 9.17) is 0 Å². The molecule has 4 nitrogen and oxygen atoms in total. The molecule has 5 rings (SSSR count). The van der Waals surface area contributed by atoms with Gasteiger partial charge in [0.1, 0.15) is 10.8 Å². The van der Waals surface area contributed by atoms with E-state index in [9.17, 15) is 4.79 Å². The number of carbonyl (C=O) groups is 1. The molecule has 1 aliphatic carbocycles. The highest BCUT2D eigenvalue weighted by atomic mass is 32.1. The number of nitrogens with zero attached hydrogens (tertiary/aromatic N) is 1. The van der Waals surface area contributed by atoms with Gasteiger partial charge < -0.3 is 10.6 Å². The molecule has 1 atom stereocenters. The molecule has 1 amide bonds. The van der Waals surface area contributed by atoms with Crippen LogP contribution in [0, 0.1) is 0 Å². The third-order valence-electron chi connectivity index (χ3n) is 5.60. The third-order valence-corrected chi connectivity index (χ3v) is 7.52. The van der Waals surface area contributed by atoms with Crippen LogP contribution in [0.5, 0.6) is 0 Å². The molecule has 31 heavy (non-hydrogen) atoms. The molecule has 0 saturated carbocycles. The quantitative estimate of drug-likeness (QED) is 0.354. The smallest absolute Gasteiger partial charge is 0.256 e. The van der Waals surface area contributed by atoms with E-state index in [-0.39, 0.29) is 11.9 Å². The Bertz CT molecular complexity index is 1150. The minimum absolute atomic E-state index is 0.0645. The molecule has 2 N–H and O–H groups in total. The number of fused-ring (bicyclic) bond motifs is 1. The Morgan fingerprint density at radius 3 is 2.61 bits per heavy atom. The van der Waals surface area contributed by atoms with Crippen molar-refractivity contribution in [2.45, 2.75) is 31.7 Å². The molecule has 1 unspecified atom stereocenters. The van der Waals surface area contributed by atoms with Gasteiger partial charge in [0.2, 0.25) is 0 Å². The van der Waals surface area contributed by atoms with E-state index in [0.717, 1.165) is 23.7 Å². The summed E-state index contributed by atoms with van der Waals surface area (Å²) in [6.45, 7) is 0. The standard InChI is InChI=1S/C25H23N3OS2/c29-24(17-8-2-1-3-9-17)28-25-22(19-10-4-5-11-20(19)31-25)23(18-13-15-30-16-18)27-21-12-6-7-14-26-21/h1-3,6-9,12-16,23H,4-5,10-11H2,(H,26,27)(H,28,29). The van der Waals surface area contributed by atoms with E-state index in [1.165, 1.54) is 34.4 Å². The number of thiophene rings is 2. The number of anilines is 2. The molecule has 0 aliphatic heterocycles. The second-order valence-electron chi connectivity index (χ2n) is 7.62. The van der Waals surface area contributed by atoms with Crippen LogP contribution >= 0.6 is 22.7 Å². The van der Waals surface area contributed by atoms with E-state index in [2.05, 4.69) is 32.4 Å². The van der Waals surface area contributed by atoms with Crippen molar-refractivity contribution in [1.82, 2.24) is 4.98 Å². The Hall–Kier alpha value is -2.96. The summed E-state index contributed by atoms with van der Waals surface area (Å²) in [4.78, 5) is 18.9. The third kappa shape index (κ3) is 4.27. The summed E-state index contributed by atoms with van der Waals surface area (Å²) < 4.78 is 0. The Kier molecular flexibility index (Phi) is 5.82. The molecule has 1 aromatic carbocycles. The van der Waals surface area contributed by atoms with Crippen LogP contribution in [0.4, 0.5) is 10.8 Å². The second kappa shape index (κ2) is 9.04. The zero-order chi connectivity index (χ0) is 21.0. The summed E-state index contributed by atoms with van der Waals surface area (Å²) in [5, 5.41) is 12.1. The van der Waals surface area contributed by atoms with Crippen molar-refractivity contribution >= 4 is 39.4 Å². The maximum absolute atomic E-state index is 13.0. The van der Waals surface area contributed by atoms with E-state index in [1.54, 1.807) is 28.9 Å². The molecular formula is C25H23N3OS2. The molecular weight excluding hydrogens is 422 g/mol. The predicted octanol–water partition coefficient (Wildman–Crippen LogP) is 6.54. The Labute approximate surface area is 190 Å². The van der Waals surface area contributed by atoms with Gasteiger partial charge in [-0.3, -0.25) is 4.79 Å². The number of rotatable bonds is 6. The zero-order valence-corrected chi connectivity index (χ0v) is 18.6. The number of aromatic nitrogens is 1. The SMILES string of the molecule is O=C(Nc1sc2c(c1C(Nc1ccccn1)c1ccsc1)CCCC2)c1ccccc1. The fourth-order valence-corrected chi connectivity index (χ4v) is 6.12. The van der Waals surface area contributed by atoms with Gasteiger partial charge in [0.15, 0.2) is 0 Å². The largest absolute Gasteiger partial charge is 0.359 e. The molecule has 4 aromatic rings. The number of benzene rings is 1. The van der Waals surface area contributed by atoms with Gasteiger partial charge in [-0.15, -0.1) is 11.3 Å².